The number of ether oxygens (including phenoxy) is 1. The van der Waals surface area contributed by atoms with Crippen LogP contribution in [0, 0.1) is 23.2 Å². The minimum absolute atomic E-state index is 0.0898. The van der Waals surface area contributed by atoms with Crippen LogP contribution in [-0.2, 0) is 6.42 Å². The summed E-state index contributed by atoms with van der Waals surface area (Å²) in [5.74, 6) is -0.0813. The third-order valence-electron chi connectivity index (χ3n) is 5.37. The van der Waals surface area contributed by atoms with Gasteiger partial charge in [0.25, 0.3) is 0 Å². The van der Waals surface area contributed by atoms with E-state index in [1.165, 1.54) is 0 Å². The van der Waals surface area contributed by atoms with E-state index < -0.39 is 5.97 Å². The molecule has 0 spiro atoms. The smallest absolute Gasteiger partial charge is 0.335 e. The molecule has 0 fully saturated rings. The number of halogens is 1. The zero-order valence-corrected chi connectivity index (χ0v) is 15.9. The van der Waals surface area contributed by atoms with Gasteiger partial charge in [-0.15, -0.1) is 0 Å². The van der Waals surface area contributed by atoms with Gasteiger partial charge in [-0.05, 0) is 48.2 Å². The first-order chi connectivity index (χ1) is 13.5. The Labute approximate surface area is 167 Å². The van der Waals surface area contributed by atoms with Crippen molar-refractivity contribution >= 4 is 23.3 Å². The second kappa shape index (κ2) is 7.17. The van der Waals surface area contributed by atoms with Crippen molar-refractivity contribution in [2.24, 2.45) is 16.9 Å². The Morgan fingerprint density at radius 1 is 1.43 bits per heavy atom. The van der Waals surface area contributed by atoms with E-state index in [9.17, 15) is 4.79 Å². The van der Waals surface area contributed by atoms with Crippen molar-refractivity contribution in [3.8, 4) is 11.8 Å². The van der Waals surface area contributed by atoms with Crippen molar-refractivity contribution in [1.82, 2.24) is 5.43 Å². The summed E-state index contributed by atoms with van der Waals surface area (Å²) in [6.45, 7) is 2.59. The molecule has 2 N–H and O–H groups in total. The second-order valence-corrected chi connectivity index (χ2v) is 7.60. The van der Waals surface area contributed by atoms with E-state index in [2.05, 4.69) is 23.5 Å². The molecule has 3 unspecified atom stereocenters. The summed E-state index contributed by atoms with van der Waals surface area (Å²) < 4.78 is 5.87. The van der Waals surface area contributed by atoms with Gasteiger partial charge in [0.05, 0.1) is 40.4 Å². The molecular weight excluding hydrogens is 378 g/mol. The summed E-state index contributed by atoms with van der Waals surface area (Å²) in [4.78, 5) is 11.2. The Morgan fingerprint density at radius 2 is 2.25 bits per heavy atom. The lowest BCUT2D eigenvalue weighted by Gasteiger charge is -2.30. The van der Waals surface area contributed by atoms with Crippen LogP contribution in [0.4, 0.5) is 0 Å². The Hall–Kier alpha value is -3.04. The van der Waals surface area contributed by atoms with Crippen molar-refractivity contribution < 1.29 is 14.6 Å². The number of nitrogens with zero attached hydrogens (tertiary/aromatic N) is 2. The van der Waals surface area contributed by atoms with Gasteiger partial charge in [-0.1, -0.05) is 24.6 Å². The summed E-state index contributed by atoms with van der Waals surface area (Å²) in [5, 5.41) is 23.2. The summed E-state index contributed by atoms with van der Waals surface area (Å²) in [6.07, 6.45) is 0.785. The fourth-order valence-corrected chi connectivity index (χ4v) is 4.14. The van der Waals surface area contributed by atoms with Crippen molar-refractivity contribution in [3.05, 3.63) is 63.7 Å². The van der Waals surface area contributed by atoms with Crippen LogP contribution in [0.3, 0.4) is 0 Å². The first-order valence-electron chi connectivity index (χ1n) is 9.00. The molecule has 0 aromatic heterocycles. The fourth-order valence-electron chi connectivity index (χ4n) is 3.89. The largest absolute Gasteiger partial charge is 0.492 e. The van der Waals surface area contributed by atoms with Crippen molar-refractivity contribution in [2.45, 2.75) is 19.4 Å². The number of aromatic carboxylic acids is 1. The Bertz CT molecular complexity index is 1030. The summed E-state index contributed by atoms with van der Waals surface area (Å²) in [6, 6.07) is 12.6. The van der Waals surface area contributed by atoms with Crippen LogP contribution in [0.5, 0.6) is 5.75 Å². The molecule has 0 saturated heterocycles. The summed E-state index contributed by atoms with van der Waals surface area (Å²) >= 11 is 6.15. The molecule has 0 saturated carbocycles. The van der Waals surface area contributed by atoms with Gasteiger partial charge in [0.15, 0.2) is 0 Å². The highest BCUT2D eigenvalue weighted by atomic mass is 35.5. The van der Waals surface area contributed by atoms with E-state index >= 15 is 0 Å². The van der Waals surface area contributed by atoms with Crippen LogP contribution in [0.15, 0.2) is 41.5 Å². The number of carbonyl (C=O) groups is 1. The first kappa shape index (κ1) is 18.3. The average Bonchev–Trinajstić information content (AvgIpc) is 3.12. The average molecular weight is 396 g/mol. The lowest BCUT2D eigenvalue weighted by molar-refractivity contribution is 0.0696. The van der Waals surface area contributed by atoms with Gasteiger partial charge >= 0.3 is 5.97 Å². The van der Waals surface area contributed by atoms with E-state index in [4.69, 9.17) is 26.7 Å². The molecule has 3 atom stereocenters. The van der Waals surface area contributed by atoms with Crippen LogP contribution in [0.1, 0.15) is 34.0 Å². The third kappa shape index (κ3) is 3.19. The van der Waals surface area contributed by atoms with Crippen molar-refractivity contribution in [1.29, 1.82) is 5.26 Å². The number of carboxylic acids is 1. The number of fused-ring (bicyclic) bond motifs is 3. The summed E-state index contributed by atoms with van der Waals surface area (Å²) in [5.41, 5.74) is 6.73. The van der Waals surface area contributed by atoms with E-state index in [1.54, 1.807) is 24.3 Å². The van der Waals surface area contributed by atoms with Gasteiger partial charge in [0.2, 0.25) is 0 Å². The highest BCUT2D eigenvalue weighted by molar-refractivity contribution is 6.31. The molecule has 0 aliphatic carbocycles. The van der Waals surface area contributed by atoms with Crippen LogP contribution < -0.4 is 10.2 Å². The molecule has 2 aliphatic heterocycles. The lowest BCUT2D eigenvalue weighted by Crippen LogP contribution is -2.41. The van der Waals surface area contributed by atoms with Crippen LogP contribution >= 0.6 is 11.6 Å². The molecule has 6 nitrogen and oxygen atoms in total. The highest BCUT2D eigenvalue weighted by Gasteiger charge is 2.40. The second-order valence-electron chi connectivity index (χ2n) is 7.19. The minimum atomic E-state index is -0.979. The van der Waals surface area contributed by atoms with Gasteiger partial charge < -0.3 is 15.3 Å². The lowest BCUT2D eigenvalue weighted by atomic mass is 9.81. The number of hydrogen-bond donors (Lipinski definition) is 2. The van der Waals surface area contributed by atoms with Crippen molar-refractivity contribution in [3.63, 3.8) is 0 Å². The predicted octanol–water partition coefficient (Wildman–Crippen LogP) is 3.47. The zero-order valence-electron chi connectivity index (χ0n) is 15.1. The SMILES string of the molecule is CC(Cc1ccc(C#N)c(Cl)c1)C1NN=C2c3ccc(C(=O)O)cc3OCC21. The number of nitriles is 1. The maximum Gasteiger partial charge on any atom is 0.335 e. The molecule has 4 rings (SSSR count). The maximum atomic E-state index is 11.2. The van der Waals surface area contributed by atoms with Gasteiger partial charge in [-0.2, -0.15) is 10.4 Å². The number of benzene rings is 2. The highest BCUT2D eigenvalue weighted by Crippen LogP contribution is 2.35. The molecule has 142 valence electrons. The zero-order chi connectivity index (χ0) is 19.8. The number of hydrogen-bond acceptors (Lipinski definition) is 5. The number of carboxylic acid groups (broad SMARTS) is 1. The standard InChI is InChI=1S/C21H18ClN3O3/c1-11(6-12-2-3-14(9-23)17(22)7-12)19-16-10-28-18-8-13(21(26)27)4-5-15(18)20(16)25-24-19/h2-5,7-8,11,16,19,24H,6,10H2,1H3,(H,26,27). The van der Waals surface area contributed by atoms with Crippen LogP contribution in [-0.4, -0.2) is 29.4 Å². The monoisotopic (exact) mass is 395 g/mol. The molecule has 28 heavy (non-hydrogen) atoms. The van der Waals surface area contributed by atoms with E-state index in [-0.39, 0.29) is 23.4 Å². The third-order valence-corrected chi connectivity index (χ3v) is 5.68. The number of nitrogens with one attached hydrogen (secondary N) is 1. The minimum Gasteiger partial charge on any atom is -0.492 e. The molecule has 2 heterocycles. The van der Waals surface area contributed by atoms with Gasteiger partial charge in [-0.3, -0.25) is 0 Å². The van der Waals surface area contributed by atoms with Crippen LogP contribution in [0.25, 0.3) is 0 Å². The predicted molar refractivity (Wildman–Crippen MR) is 105 cm³/mol. The van der Waals surface area contributed by atoms with Gasteiger partial charge in [0, 0.05) is 5.56 Å². The molecule has 7 heteroatoms. The first-order valence-corrected chi connectivity index (χ1v) is 9.38. The molecule has 2 aromatic rings. The normalized spacial score (nSPS) is 20.7. The maximum absolute atomic E-state index is 11.2. The Balaban J connectivity index is 1.51. The Morgan fingerprint density at radius 3 is 2.96 bits per heavy atom. The van der Waals surface area contributed by atoms with E-state index in [0.29, 0.717) is 22.9 Å². The molecule has 0 bridgehead atoms. The van der Waals surface area contributed by atoms with E-state index in [0.717, 1.165) is 23.3 Å². The molecule has 0 radical (unpaired) electrons. The van der Waals surface area contributed by atoms with E-state index in [1.807, 2.05) is 12.1 Å². The van der Waals surface area contributed by atoms with Crippen LogP contribution in [0.2, 0.25) is 5.02 Å². The number of rotatable bonds is 4. The Kier molecular flexibility index (Phi) is 4.70. The molecule has 2 aliphatic rings. The molecule has 0 amide bonds. The molecular formula is C21H18ClN3O3. The number of hydrazone groups is 1. The van der Waals surface area contributed by atoms with Crippen molar-refractivity contribution in [2.75, 3.05) is 6.61 Å². The molecule has 2 aromatic carbocycles. The topological polar surface area (TPSA) is 94.7 Å². The fraction of sp³-hybridized carbons (Fsp3) is 0.286. The van der Waals surface area contributed by atoms with Gasteiger partial charge in [0.1, 0.15) is 11.8 Å². The quantitative estimate of drug-likeness (QED) is 0.826. The summed E-state index contributed by atoms with van der Waals surface area (Å²) in [7, 11) is 0. The van der Waals surface area contributed by atoms with Gasteiger partial charge in [-0.25, -0.2) is 4.79 Å².